The standard InChI is InChI=1S/C21H25ClN4O3/c1-13(2)18-11-26(20-23-9-17(10-24-20)29-14(3)4)21(28)25(18)12-19(27)15-6-5-7-16(22)8-15/h5-10,13-14,18H,11-12H2,1-4H3/t18-/m1/s1. The minimum absolute atomic E-state index is 0.0104. The van der Waals surface area contributed by atoms with E-state index in [1.807, 2.05) is 27.7 Å². The fourth-order valence-electron chi connectivity index (χ4n) is 3.27. The first kappa shape index (κ1) is 21.0. The number of ketones is 1. The number of amides is 2. The highest BCUT2D eigenvalue weighted by molar-refractivity contribution is 6.31. The Morgan fingerprint density at radius 3 is 2.52 bits per heavy atom. The summed E-state index contributed by atoms with van der Waals surface area (Å²) in [5, 5.41) is 0.489. The lowest BCUT2D eigenvalue weighted by molar-refractivity contribution is 0.0926. The average molecular weight is 417 g/mol. The van der Waals surface area contributed by atoms with Gasteiger partial charge in [-0.15, -0.1) is 0 Å². The van der Waals surface area contributed by atoms with Gasteiger partial charge in [0, 0.05) is 10.6 Å². The summed E-state index contributed by atoms with van der Waals surface area (Å²) in [6.45, 7) is 8.29. The minimum Gasteiger partial charge on any atom is -0.488 e. The molecule has 2 amide bonds. The maximum absolute atomic E-state index is 13.1. The van der Waals surface area contributed by atoms with E-state index in [0.29, 0.717) is 28.8 Å². The Morgan fingerprint density at radius 2 is 1.93 bits per heavy atom. The van der Waals surface area contributed by atoms with E-state index < -0.39 is 0 Å². The number of anilines is 1. The molecule has 1 aliphatic rings. The Labute approximate surface area is 175 Å². The summed E-state index contributed by atoms with van der Waals surface area (Å²) in [4.78, 5) is 37.5. The summed E-state index contributed by atoms with van der Waals surface area (Å²) in [5.74, 6) is 0.855. The molecule has 0 spiro atoms. The molecule has 2 aromatic rings. The van der Waals surface area contributed by atoms with Crippen LogP contribution in [-0.2, 0) is 0 Å². The number of carbonyl (C=O) groups excluding carboxylic acids is 2. The normalized spacial score (nSPS) is 16.8. The quantitative estimate of drug-likeness (QED) is 0.636. The Balaban J connectivity index is 1.79. The fourth-order valence-corrected chi connectivity index (χ4v) is 3.46. The van der Waals surface area contributed by atoms with Gasteiger partial charge in [0.05, 0.1) is 37.6 Å². The highest BCUT2D eigenvalue weighted by Gasteiger charge is 2.41. The number of hydrogen-bond acceptors (Lipinski definition) is 5. The molecule has 1 aliphatic heterocycles. The summed E-state index contributed by atoms with van der Waals surface area (Å²) in [6.07, 6.45) is 3.12. The van der Waals surface area contributed by atoms with Gasteiger partial charge in [0.25, 0.3) is 0 Å². The first-order valence-corrected chi connectivity index (χ1v) is 9.99. The van der Waals surface area contributed by atoms with E-state index in [-0.39, 0.29) is 36.4 Å². The van der Waals surface area contributed by atoms with Gasteiger partial charge in [-0.05, 0) is 31.9 Å². The van der Waals surface area contributed by atoms with Gasteiger partial charge < -0.3 is 9.64 Å². The molecule has 1 fully saturated rings. The lowest BCUT2D eigenvalue weighted by Crippen LogP contribution is -2.41. The van der Waals surface area contributed by atoms with Crippen LogP contribution in [0.3, 0.4) is 0 Å². The van der Waals surface area contributed by atoms with Crippen LogP contribution in [0.4, 0.5) is 10.7 Å². The topological polar surface area (TPSA) is 75.6 Å². The number of carbonyl (C=O) groups is 2. The zero-order valence-corrected chi connectivity index (χ0v) is 17.8. The molecule has 7 nitrogen and oxygen atoms in total. The molecule has 1 saturated heterocycles. The molecule has 0 bridgehead atoms. The summed E-state index contributed by atoms with van der Waals surface area (Å²) in [7, 11) is 0. The van der Waals surface area contributed by atoms with Gasteiger partial charge in [0.2, 0.25) is 5.95 Å². The summed E-state index contributed by atoms with van der Waals surface area (Å²) >= 11 is 5.99. The number of Topliss-reactive ketones (excluding diaryl/α,β-unsaturated/α-hetero) is 1. The van der Waals surface area contributed by atoms with Crippen LogP contribution in [0, 0.1) is 5.92 Å². The minimum atomic E-state index is -0.281. The predicted octanol–water partition coefficient (Wildman–Crippen LogP) is 4.07. The van der Waals surface area contributed by atoms with Crippen molar-refractivity contribution in [1.29, 1.82) is 0 Å². The molecular formula is C21H25ClN4O3. The Hall–Kier alpha value is -2.67. The maximum atomic E-state index is 13.1. The van der Waals surface area contributed by atoms with Crippen molar-refractivity contribution in [1.82, 2.24) is 14.9 Å². The third-order valence-corrected chi connectivity index (χ3v) is 4.94. The van der Waals surface area contributed by atoms with E-state index in [9.17, 15) is 9.59 Å². The molecule has 0 aliphatic carbocycles. The van der Waals surface area contributed by atoms with E-state index in [4.69, 9.17) is 16.3 Å². The molecule has 29 heavy (non-hydrogen) atoms. The van der Waals surface area contributed by atoms with Gasteiger partial charge >= 0.3 is 6.03 Å². The second-order valence-corrected chi connectivity index (χ2v) is 8.09. The van der Waals surface area contributed by atoms with Crippen LogP contribution in [-0.4, -0.2) is 51.9 Å². The lowest BCUT2D eigenvalue weighted by atomic mass is 10.0. The monoisotopic (exact) mass is 416 g/mol. The van der Waals surface area contributed by atoms with Crippen molar-refractivity contribution in [3.8, 4) is 5.75 Å². The summed E-state index contributed by atoms with van der Waals surface area (Å²) < 4.78 is 5.56. The number of rotatable bonds is 7. The van der Waals surface area contributed by atoms with Gasteiger partial charge in [0.15, 0.2) is 11.5 Å². The summed E-state index contributed by atoms with van der Waals surface area (Å²) in [6, 6.07) is 6.35. The molecule has 3 rings (SSSR count). The van der Waals surface area contributed by atoms with Crippen LogP contribution < -0.4 is 9.64 Å². The largest absolute Gasteiger partial charge is 0.488 e. The molecule has 0 radical (unpaired) electrons. The molecule has 1 aromatic heterocycles. The van der Waals surface area contributed by atoms with E-state index in [1.165, 1.54) is 4.90 Å². The average Bonchev–Trinajstić information content (AvgIpc) is 2.99. The van der Waals surface area contributed by atoms with Crippen LogP contribution in [0.25, 0.3) is 0 Å². The van der Waals surface area contributed by atoms with E-state index in [2.05, 4.69) is 9.97 Å². The van der Waals surface area contributed by atoms with Gasteiger partial charge in [-0.25, -0.2) is 14.8 Å². The molecule has 0 N–H and O–H groups in total. The second-order valence-electron chi connectivity index (χ2n) is 7.65. The number of benzene rings is 1. The van der Waals surface area contributed by atoms with Crippen molar-refractivity contribution < 1.29 is 14.3 Å². The van der Waals surface area contributed by atoms with Crippen LogP contribution in [0.2, 0.25) is 5.02 Å². The highest BCUT2D eigenvalue weighted by atomic mass is 35.5. The van der Waals surface area contributed by atoms with Gasteiger partial charge in [-0.2, -0.15) is 0 Å². The lowest BCUT2D eigenvalue weighted by Gasteiger charge is -2.25. The molecule has 154 valence electrons. The van der Waals surface area contributed by atoms with Gasteiger partial charge in [0.1, 0.15) is 0 Å². The van der Waals surface area contributed by atoms with Crippen molar-refractivity contribution in [2.24, 2.45) is 5.92 Å². The van der Waals surface area contributed by atoms with Gasteiger partial charge in [-0.1, -0.05) is 37.6 Å². The van der Waals surface area contributed by atoms with Crippen molar-refractivity contribution in [3.63, 3.8) is 0 Å². The van der Waals surface area contributed by atoms with E-state index in [0.717, 1.165) is 0 Å². The Morgan fingerprint density at radius 1 is 1.24 bits per heavy atom. The van der Waals surface area contributed by atoms with Crippen molar-refractivity contribution >= 4 is 29.4 Å². The third-order valence-electron chi connectivity index (χ3n) is 4.70. The molecule has 1 atom stereocenters. The van der Waals surface area contributed by atoms with E-state index >= 15 is 0 Å². The number of ether oxygens (including phenoxy) is 1. The molecule has 0 unspecified atom stereocenters. The maximum Gasteiger partial charge on any atom is 0.327 e. The predicted molar refractivity (Wildman–Crippen MR) is 112 cm³/mol. The number of aromatic nitrogens is 2. The zero-order chi connectivity index (χ0) is 21.1. The second kappa shape index (κ2) is 8.78. The SMILES string of the molecule is CC(C)Oc1cnc(N2C[C@H](C(C)C)N(CC(=O)c3cccc(Cl)c3)C2=O)nc1. The zero-order valence-electron chi connectivity index (χ0n) is 17.0. The first-order chi connectivity index (χ1) is 13.8. The van der Waals surface area contributed by atoms with Crippen molar-refractivity contribution in [2.45, 2.75) is 39.8 Å². The fraction of sp³-hybridized carbons (Fsp3) is 0.429. The number of hydrogen-bond donors (Lipinski definition) is 0. The number of urea groups is 1. The molecule has 8 heteroatoms. The van der Waals surface area contributed by atoms with Crippen molar-refractivity contribution in [2.75, 3.05) is 18.0 Å². The molecule has 0 saturated carbocycles. The van der Waals surface area contributed by atoms with Crippen LogP contribution in [0.5, 0.6) is 5.75 Å². The van der Waals surface area contributed by atoms with Gasteiger partial charge in [-0.3, -0.25) is 9.69 Å². The highest BCUT2D eigenvalue weighted by Crippen LogP contribution is 2.26. The van der Waals surface area contributed by atoms with Crippen LogP contribution in [0.15, 0.2) is 36.7 Å². The molecular weight excluding hydrogens is 392 g/mol. The number of nitrogens with zero attached hydrogens (tertiary/aromatic N) is 4. The summed E-state index contributed by atoms with van der Waals surface area (Å²) in [5.41, 5.74) is 0.484. The first-order valence-electron chi connectivity index (χ1n) is 9.62. The Kier molecular flexibility index (Phi) is 6.37. The third kappa shape index (κ3) is 4.85. The molecule has 2 heterocycles. The molecule has 1 aromatic carbocycles. The number of halogens is 1. The van der Waals surface area contributed by atoms with Crippen LogP contribution in [0.1, 0.15) is 38.1 Å². The Bertz CT molecular complexity index is 886. The smallest absolute Gasteiger partial charge is 0.327 e. The van der Waals surface area contributed by atoms with E-state index in [1.54, 1.807) is 41.6 Å². The van der Waals surface area contributed by atoms with Crippen LogP contribution >= 0.6 is 11.6 Å². The van der Waals surface area contributed by atoms with Crippen molar-refractivity contribution in [3.05, 3.63) is 47.2 Å².